The summed E-state index contributed by atoms with van der Waals surface area (Å²) in [6.45, 7) is 2.75. The largest absolute Gasteiger partial charge is 0.493 e. The molecule has 0 spiro atoms. The molecule has 10 nitrogen and oxygen atoms in total. The van der Waals surface area contributed by atoms with E-state index in [-0.39, 0.29) is 72.6 Å². The first kappa shape index (κ1) is 30.8. The lowest BCUT2D eigenvalue weighted by Gasteiger charge is -2.13. The number of thiophene rings is 2. The molecule has 0 saturated carbocycles. The molecule has 42 heavy (non-hydrogen) atoms. The van der Waals surface area contributed by atoms with E-state index in [1.54, 1.807) is 18.2 Å². The van der Waals surface area contributed by atoms with E-state index in [9.17, 15) is 19.2 Å². The molecule has 13 heteroatoms. The number of hydrogen-bond donors (Lipinski definition) is 1. The molecule has 4 aromatic rings. The fraction of sp³-hybridized carbons (Fsp3) is 0.345. The van der Waals surface area contributed by atoms with Crippen LogP contribution in [0.2, 0.25) is 0 Å². The number of hydrogen-bond acceptors (Lipinski definition) is 11. The Kier molecular flexibility index (Phi) is 9.74. The van der Waals surface area contributed by atoms with Crippen LogP contribution < -0.4 is 18.9 Å². The number of methoxy groups -OCH3 is 2. The van der Waals surface area contributed by atoms with E-state index in [1.165, 1.54) is 45.5 Å². The number of pyridine rings is 1. The number of fused-ring (bicyclic) bond motifs is 2. The quantitative estimate of drug-likeness (QED) is 0.125. The molecule has 4 rings (SSSR count). The average Bonchev–Trinajstić information content (AvgIpc) is 3.58. The van der Waals surface area contributed by atoms with Crippen LogP contribution in [0.1, 0.15) is 52.5 Å². The van der Waals surface area contributed by atoms with Gasteiger partial charge in [-0.25, -0.2) is 9.37 Å². The van der Waals surface area contributed by atoms with Crippen LogP contribution in [0.4, 0.5) is 4.39 Å². The molecule has 3 aromatic heterocycles. The number of ketones is 3. The molecular formula is C29H28FNO9S2. The number of carboxylic acid groups (broad SMARTS) is 1. The summed E-state index contributed by atoms with van der Waals surface area (Å²) < 4.78 is 38.8. The molecule has 0 aliphatic heterocycles. The second kappa shape index (κ2) is 13.3. The van der Waals surface area contributed by atoms with Gasteiger partial charge in [-0.05, 0) is 19.1 Å². The molecule has 0 aliphatic rings. The molecular weight excluding hydrogens is 589 g/mol. The standard InChI is InChI=1S/C29H28FNO9S2/c1-14(29(35)36)9-19(34)25-11-17-23(42-25)13-21(38-4)28(31-17)40-8-7-39-27-20(37-3)12-22-16(26(27)30)10-24(41-22)18(33)6-5-15(2)32/h10-14H,5-9H2,1-4H3,(H,35,36)/t14-/m0/s1. The number of carbonyl (C=O) groups is 4. The Balaban J connectivity index is 1.46. The Morgan fingerprint density at radius 3 is 2.21 bits per heavy atom. The van der Waals surface area contributed by atoms with Crippen molar-refractivity contribution in [2.45, 2.75) is 33.1 Å². The van der Waals surface area contributed by atoms with Crippen LogP contribution in [-0.2, 0) is 9.59 Å². The van der Waals surface area contributed by atoms with Gasteiger partial charge in [0.1, 0.15) is 19.0 Å². The average molecular weight is 618 g/mol. The number of nitrogens with zero attached hydrogens (tertiary/aromatic N) is 1. The van der Waals surface area contributed by atoms with Gasteiger partial charge in [0.25, 0.3) is 5.88 Å². The maximum absolute atomic E-state index is 15.4. The van der Waals surface area contributed by atoms with Gasteiger partial charge in [0.15, 0.2) is 34.6 Å². The molecule has 1 aromatic carbocycles. The van der Waals surface area contributed by atoms with E-state index in [0.717, 1.165) is 11.3 Å². The van der Waals surface area contributed by atoms with Crippen molar-refractivity contribution in [2.75, 3.05) is 27.4 Å². The zero-order valence-corrected chi connectivity index (χ0v) is 24.9. The summed E-state index contributed by atoms with van der Waals surface area (Å²) in [6, 6.07) is 6.29. The molecule has 1 N–H and O–H groups in total. The predicted octanol–water partition coefficient (Wildman–Crippen LogP) is 5.97. The SMILES string of the molecule is COc1cc2sc(C(=O)C[C@H](C)C(=O)O)cc2nc1OCCOc1c(OC)cc2sc(C(=O)CCC(C)=O)cc2c1F. The summed E-state index contributed by atoms with van der Waals surface area (Å²) in [5.74, 6) is -2.71. The van der Waals surface area contributed by atoms with Gasteiger partial charge >= 0.3 is 5.97 Å². The number of rotatable bonds is 15. The van der Waals surface area contributed by atoms with Crippen LogP contribution >= 0.6 is 22.7 Å². The second-order valence-corrected chi connectivity index (χ2v) is 11.6. The fourth-order valence-corrected chi connectivity index (χ4v) is 6.04. The zero-order chi connectivity index (χ0) is 30.6. The topological polar surface area (TPSA) is 138 Å². The van der Waals surface area contributed by atoms with Crippen LogP contribution in [0.5, 0.6) is 23.1 Å². The Morgan fingerprint density at radius 2 is 1.55 bits per heavy atom. The maximum Gasteiger partial charge on any atom is 0.306 e. The summed E-state index contributed by atoms with van der Waals surface area (Å²) in [4.78, 5) is 52.5. The third-order valence-corrected chi connectivity index (χ3v) is 8.53. The molecule has 0 bridgehead atoms. The van der Waals surface area contributed by atoms with Gasteiger partial charge in [0.05, 0.1) is 40.1 Å². The fourth-order valence-electron chi connectivity index (χ4n) is 4.00. The third-order valence-electron chi connectivity index (χ3n) is 6.29. The number of carbonyl (C=O) groups excluding carboxylic acids is 3. The Hall–Kier alpha value is -4.10. The van der Waals surface area contributed by atoms with E-state index >= 15 is 4.39 Å². The summed E-state index contributed by atoms with van der Waals surface area (Å²) in [5.41, 5.74) is 0.479. The van der Waals surface area contributed by atoms with Crippen molar-refractivity contribution in [3.63, 3.8) is 0 Å². The highest BCUT2D eigenvalue weighted by Gasteiger charge is 2.22. The number of aromatic nitrogens is 1. The lowest BCUT2D eigenvalue weighted by Crippen LogP contribution is -2.14. The molecule has 1 atom stereocenters. The van der Waals surface area contributed by atoms with Gasteiger partial charge < -0.3 is 28.8 Å². The summed E-state index contributed by atoms with van der Waals surface area (Å²) in [5, 5.41) is 9.30. The van der Waals surface area contributed by atoms with E-state index in [1.807, 2.05) is 0 Å². The molecule has 0 radical (unpaired) electrons. The van der Waals surface area contributed by atoms with Gasteiger partial charge in [-0.3, -0.25) is 14.4 Å². The van der Waals surface area contributed by atoms with Gasteiger partial charge in [-0.2, -0.15) is 0 Å². The van der Waals surface area contributed by atoms with Crippen molar-refractivity contribution in [2.24, 2.45) is 5.92 Å². The van der Waals surface area contributed by atoms with Gasteiger partial charge in [0.2, 0.25) is 0 Å². The monoisotopic (exact) mass is 617 g/mol. The Bertz CT molecular complexity index is 1680. The van der Waals surface area contributed by atoms with Crippen molar-refractivity contribution in [3.8, 4) is 23.1 Å². The summed E-state index contributed by atoms with van der Waals surface area (Å²) in [6.07, 6.45) is 0.0457. The van der Waals surface area contributed by atoms with E-state index < -0.39 is 17.7 Å². The Labute approximate surface area is 248 Å². The minimum absolute atomic E-state index is 0.0417. The van der Waals surface area contributed by atoms with Gasteiger partial charge in [-0.15, -0.1) is 22.7 Å². The van der Waals surface area contributed by atoms with E-state index in [2.05, 4.69) is 4.98 Å². The number of benzene rings is 1. The lowest BCUT2D eigenvalue weighted by atomic mass is 10.0. The van der Waals surface area contributed by atoms with Gasteiger partial charge in [0, 0.05) is 41.5 Å². The minimum Gasteiger partial charge on any atom is -0.493 e. The number of Topliss-reactive ketones (excluding diaryl/α,β-unsaturated/α-hetero) is 3. The highest BCUT2D eigenvalue weighted by atomic mass is 32.1. The molecule has 3 heterocycles. The zero-order valence-electron chi connectivity index (χ0n) is 23.3. The van der Waals surface area contributed by atoms with Gasteiger partial charge in [-0.1, -0.05) is 6.92 Å². The highest BCUT2D eigenvalue weighted by Crippen LogP contribution is 2.40. The normalized spacial score (nSPS) is 11.8. The molecule has 222 valence electrons. The van der Waals surface area contributed by atoms with Crippen LogP contribution in [0, 0.1) is 11.7 Å². The molecule has 0 unspecified atom stereocenters. The molecule has 0 fully saturated rings. The number of halogens is 1. The van der Waals surface area contributed by atoms with Crippen LogP contribution in [-0.4, -0.2) is 60.8 Å². The van der Waals surface area contributed by atoms with Crippen molar-refractivity contribution in [1.29, 1.82) is 0 Å². The predicted molar refractivity (Wildman–Crippen MR) is 155 cm³/mol. The van der Waals surface area contributed by atoms with Crippen LogP contribution in [0.15, 0.2) is 24.3 Å². The van der Waals surface area contributed by atoms with Crippen LogP contribution in [0.3, 0.4) is 0 Å². The Morgan fingerprint density at radius 1 is 0.905 bits per heavy atom. The second-order valence-electron chi connectivity index (χ2n) is 9.42. The number of carboxylic acids is 1. The highest BCUT2D eigenvalue weighted by molar-refractivity contribution is 7.21. The lowest BCUT2D eigenvalue weighted by molar-refractivity contribution is -0.141. The molecule has 0 saturated heterocycles. The summed E-state index contributed by atoms with van der Waals surface area (Å²) in [7, 11) is 2.82. The number of ether oxygens (including phenoxy) is 4. The first-order chi connectivity index (χ1) is 20.0. The van der Waals surface area contributed by atoms with Crippen molar-refractivity contribution >= 4 is 66.3 Å². The maximum atomic E-state index is 15.4. The molecule has 0 amide bonds. The van der Waals surface area contributed by atoms with Crippen molar-refractivity contribution < 1.29 is 47.6 Å². The van der Waals surface area contributed by atoms with E-state index in [0.29, 0.717) is 30.4 Å². The van der Waals surface area contributed by atoms with Crippen molar-refractivity contribution in [3.05, 3.63) is 39.8 Å². The minimum atomic E-state index is -1.05. The van der Waals surface area contributed by atoms with E-state index in [4.69, 9.17) is 24.1 Å². The third kappa shape index (κ3) is 6.85. The van der Waals surface area contributed by atoms with Crippen molar-refractivity contribution in [1.82, 2.24) is 4.98 Å². The smallest absolute Gasteiger partial charge is 0.306 e. The first-order valence-corrected chi connectivity index (χ1v) is 14.5. The first-order valence-electron chi connectivity index (χ1n) is 12.8. The van der Waals surface area contributed by atoms with Crippen LogP contribution in [0.25, 0.3) is 20.3 Å². The summed E-state index contributed by atoms with van der Waals surface area (Å²) >= 11 is 2.30. The number of aliphatic carboxylic acids is 1. The molecule has 0 aliphatic carbocycles.